The summed E-state index contributed by atoms with van der Waals surface area (Å²) in [6.45, 7) is 4.68. The molecule has 94 valence electrons. The zero-order valence-electron chi connectivity index (χ0n) is 9.82. The van der Waals surface area contributed by atoms with Crippen LogP contribution in [-0.4, -0.2) is 29.8 Å². The Balaban J connectivity index is 0. The van der Waals surface area contributed by atoms with Crippen LogP contribution in [0, 0.1) is 0 Å². The molecule has 6 nitrogen and oxygen atoms in total. The fourth-order valence-electron chi connectivity index (χ4n) is 0.365. The Morgan fingerprint density at radius 3 is 1.38 bits per heavy atom. The summed E-state index contributed by atoms with van der Waals surface area (Å²) in [5, 5.41) is 7.72. The molecule has 0 heterocycles. The second kappa shape index (κ2) is 11.5. The number of carbonyl (C=O) groups excluding carboxylic acids is 2. The molecule has 0 rings (SSSR count). The van der Waals surface area contributed by atoms with E-state index in [2.05, 4.69) is 9.47 Å². The predicted molar refractivity (Wildman–Crippen MR) is 55.6 cm³/mol. The Hall–Kier alpha value is -1.59. The van der Waals surface area contributed by atoms with Gasteiger partial charge in [-0.25, -0.2) is 0 Å². The number of hydrogen-bond donors (Lipinski definition) is 1. The molecule has 0 radical (unpaired) electrons. The molecule has 0 saturated heterocycles. The van der Waals surface area contributed by atoms with Crippen molar-refractivity contribution in [2.45, 2.75) is 40.0 Å². The number of hydrogen-bond acceptors (Lipinski definition) is 5. The largest absolute Gasteiger partial charge is 0.481 e. The number of rotatable bonds is 5. The predicted octanol–water partition coefficient (Wildman–Crippen LogP) is 1.33. The van der Waals surface area contributed by atoms with E-state index in [-0.39, 0.29) is 25.2 Å². The highest BCUT2D eigenvalue weighted by atomic mass is 16.7. The van der Waals surface area contributed by atoms with Gasteiger partial charge in [0.1, 0.15) is 0 Å². The maximum Gasteiger partial charge on any atom is 0.308 e. The Morgan fingerprint density at radius 2 is 1.19 bits per heavy atom. The summed E-state index contributed by atoms with van der Waals surface area (Å²) >= 11 is 0. The van der Waals surface area contributed by atoms with Crippen LogP contribution >= 0.6 is 0 Å². The lowest BCUT2D eigenvalue weighted by Gasteiger charge is -2.02. The van der Waals surface area contributed by atoms with Crippen LogP contribution in [0.4, 0.5) is 0 Å². The van der Waals surface area contributed by atoms with Gasteiger partial charge in [0.25, 0.3) is 0 Å². The highest BCUT2D eigenvalue weighted by molar-refractivity contribution is 5.70. The monoisotopic (exact) mass is 234 g/mol. The van der Waals surface area contributed by atoms with Crippen molar-refractivity contribution in [1.82, 2.24) is 0 Å². The first kappa shape index (κ1) is 16.8. The molecule has 0 atom stereocenters. The molecule has 0 saturated carbocycles. The van der Waals surface area contributed by atoms with Gasteiger partial charge in [0.2, 0.25) is 6.79 Å². The third-order valence-electron chi connectivity index (χ3n) is 1.32. The van der Waals surface area contributed by atoms with E-state index in [0.717, 1.165) is 0 Å². The van der Waals surface area contributed by atoms with Gasteiger partial charge in [0.05, 0.1) is 0 Å². The molecule has 0 aliphatic carbocycles. The molecule has 6 heteroatoms. The minimum atomic E-state index is -0.745. The summed E-state index contributed by atoms with van der Waals surface area (Å²) in [6.07, 6.45) is 0.813. The van der Waals surface area contributed by atoms with Crippen molar-refractivity contribution in [3.8, 4) is 0 Å². The summed E-state index contributed by atoms with van der Waals surface area (Å²) in [7, 11) is 0. The average Bonchev–Trinajstić information content (AvgIpc) is 2.29. The quantitative estimate of drug-likeness (QED) is 0.570. The number of esters is 2. The first-order valence-corrected chi connectivity index (χ1v) is 5.00. The molecule has 0 unspecified atom stereocenters. The molecule has 0 amide bonds. The standard InChI is InChI=1S/C7H12O4.C3H6O2/c1-3-6(8)10-5-11-7(9)4-2;1-2-3(4)5/h3-5H2,1-2H3;2H2,1H3,(H,4,5). The van der Waals surface area contributed by atoms with Crippen molar-refractivity contribution in [3.05, 3.63) is 0 Å². The summed E-state index contributed by atoms with van der Waals surface area (Å²) in [4.78, 5) is 30.3. The van der Waals surface area contributed by atoms with Gasteiger partial charge in [0, 0.05) is 19.3 Å². The van der Waals surface area contributed by atoms with Crippen molar-refractivity contribution in [3.63, 3.8) is 0 Å². The van der Waals surface area contributed by atoms with Crippen LogP contribution in [0.1, 0.15) is 40.0 Å². The minimum absolute atomic E-state index is 0.222. The average molecular weight is 234 g/mol. The van der Waals surface area contributed by atoms with E-state index in [1.54, 1.807) is 20.8 Å². The number of carbonyl (C=O) groups is 3. The maximum atomic E-state index is 10.5. The molecule has 0 bridgehead atoms. The maximum absolute atomic E-state index is 10.5. The molecular formula is C10H18O6. The minimum Gasteiger partial charge on any atom is -0.481 e. The van der Waals surface area contributed by atoms with Gasteiger partial charge < -0.3 is 14.6 Å². The van der Waals surface area contributed by atoms with Crippen LogP contribution in [0.2, 0.25) is 0 Å². The molecule has 1 N–H and O–H groups in total. The molecule has 0 aromatic carbocycles. The van der Waals surface area contributed by atoms with Gasteiger partial charge >= 0.3 is 17.9 Å². The zero-order chi connectivity index (χ0) is 13.0. The molecule has 0 aromatic heterocycles. The topological polar surface area (TPSA) is 89.9 Å². The zero-order valence-corrected chi connectivity index (χ0v) is 9.82. The van der Waals surface area contributed by atoms with Gasteiger partial charge in [-0.2, -0.15) is 0 Å². The van der Waals surface area contributed by atoms with Crippen molar-refractivity contribution < 1.29 is 29.0 Å². The molecule has 0 aliphatic heterocycles. The Kier molecular flexibility index (Phi) is 12.1. The van der Waals surface area contributed by atoms with Crippen LogP contribution < -0.4 is 0 Å². The van der Waals surface area contributed by atoms with E-state index >= 15 is 0 Å². The van der Waals surface area contributed by atoms with Crippen LogP contribution in [0.3, 0.4) is 0 Å². The molecule has 0 spiro atoms. The van der Waals surface area contributed by atoms with E-state index < -0.39 is 5.97 Å². The highest BCUT2D eigenvalue weighted by Gasteiger charge is 2.00. The lowest BCUT2D eigenvalue weighted by Crippen LogP contribution is -2.10. The normalized spacial score (nSPS) is 8.44. The number of ether oxygens (including phenoxy) is 2. The van der Waals surface area contributed by atoms with Crippen molar-refractivity contribution >= 4 is 17.9 Å². The molecular weight excluding hydrogens is 216 g/mol. The van der Waals surface area contributed by atoms with Crippen LogP contribution in [0.5, 0.6) is 0 Å². The smallest absolute Gasteiger partial charge is 0.308 e. The summed E-state index contributed by atoms with van der Waals surface area (Å²) in [5.74, 6) is -1.48. The Morgan fingerprint density at radius 1 is 0.875 bits per heavy atom. The van der Waals surface area contributed by atoms with Gasteiger partial charge in [-0.3, -0.25) is 14.4 Å². The summed E-state index contributed by atoms with van der Waals surface area (Å²) in [5.41, 5.74) is 0. The second-order valence-corrected chi connectivity index (χ2v) is 2.60. The van der Waals surface area contributed by atoms with E-state index in [1.165, 1.54) is 0 Å². The number of carboxylic acids is 1. The van der Waals surface area contributed by atoms with E-state index in [9.17, 15) is 14.4 Å². The lowest BCUT2D eigenvalue weighted by molar-refractivity contribution is -0.166. The van der Waals surface area contributed by atoms with Crippen molar-refractivity contribution in [2.75, 3.05) is 6.79 Å². The third kappa shape index (κ3) is 14.9. The van der Waals surface area contributed by atoms with E-state index in [1.807, 2.05) is 0 Å². The van der Waals surface area contributed by atoms with Crippen LogP contribution in [-0.2, 0) is 23.9 Å². The van der Waals surface area contributed by atoms with Gasteiger partial charge in [-0.1, -0.05) is 20.8 Å². The lowest BCUT2D eigenvalue weighted by atomic mass is 10.5. The fraction of sp³-hybridized carbons (Fsp3) is 0.700. The van der Waals surface area contributed by atoms with Crippen LogP contribution in [0.25, 0.3) is 0 Å². The van der Waals surface area contributed by atoms with Gasteiger partial charge in [0.15, 0.2) is 0 Å². The van der Waals surface area contributed by atoms with Crippen molar-refractivity contribution in [1.29, 1.82) is 0 Å². The highest BCUT2D eigenvalue weighted by Crippen LogP contribution is 1.88. The second-order valence-electron chi connectivity index (χ2n) is 2.60. The van der Waals surface area contributed by atoms with Crippen LogP contribution in [0.15, 0.2) is 0 Å². The molecule has 0 aromatic rings. The summed E-state index contributed by atoms with van der Waals surface area (Å²) in [6, 6.07) is 0. The first-order chi connectivity index (χ1) is 7.47. The molecule has 0 aliphatic rings. The Bertz CT molecular complexity index is 207. The SMILES string of the molecule is CCC(=O)O.CCC(=O)OCOC(=O)CC. The Labute approximate surface area is 94.5 Å². The summed E-state index contributed by atoms with van der Waals surface area (Å²) < 4.78 is 8.96. The fourth-order valence-corrected chi connectivity index (χ4v) is 0.365. The first-order valence-electron chi connectivity index (χ1n) is 5.00. The third-order valence-corrected chi connectivity index (χ3v) is 1.32. The van der Waals surface area contributed by atoms with E-state index in [0.29, 0.717) is 12.8 Å². The molecule has 16 heavy (non-hydrogen) atoms. The molecule has 0 fully saturated rings. The van der Waals surface area contributed by atoms with E-state index in [4.69, 9.17) is 5.11 Å². The number of aliphatic carboxylic acids is 1. The van der Waals surface area contributed by atoms with Gasteiger partial charge in [-0.15, -0.1) is 0 Å². The number of carboxylic acid groups (broad SMARTS) is 1. The van der Waals surface area contributed by atoms with Gasteiger partial charge in [-0.05, 0) is 0 Å². The van der Waals surface area contributed by atoms with Crippen molar-refractivity contribution in [2.24, 2.45) is 0 Å².